The highest BCUT2D eigenvalue weighted by Gasteiger charge is 2.11. The summed E-state index contributed by atoms with van der Waals surface area (Å²) in [5, 5.41) is 1.23. The molecule has 1 aliphatic rings. The highest BCUT2D eigenvalue weighted by atomic mass is 32.2. The van der Waals surface area contributed by atoms with Crippen molar-refractivity contribution in [2.45, 2.75) is 19.3 Å². The van der Waals surface area contributed by atoms with E-state index in [1.807, 2.05) is 30.3 Å². The second-order valence-electron chi connectivity index (χ2n) is 5.06. The minimum Gasteiger partial charge on any atom is -0.303 e. The SMILES string of the molecule is O=S(=O)(/C=C/c1ccccc1)NCCCN1CCCC1. The van der Waals surface area contributed by atoms with Crippen molar-refractivity contribution in [1.82, 2.24) is 9.62 Å². The van der Waals surface area contributed by atoms with Gasteiger partial charge in [0.1, 0.15) is 0 Å². The summed E-state index contributed by atoms with van der Waals surface area (Å²) >= 11 is 0. The van der Waals surface area contributed by atoms with Gasteiger partial charge in [0.05, 0.1) is 0 Å². The van der Waals surface area contributed by atoms with Crippen molar-refractivity contribution in [3.63, 3.8) is 0 Å². The average molecular weight is 294 g/mol. The highest BCUT2D eigenvalue weighted by Crippen LogP contribution is 2.07. The van der Waals surface area contributed by atoms with Crippen molar-refractivity contribution < 1.29 is 8.42 Å². The Labute approximate surface area is 121 Å². The van der Waals surface area contributed by atoms with Crippen LogP contribution in [-0.4, -0.2) is 39.5 Å². The molecule has 0 unspecified atom stereocenters. The van der Waals surface area contributed by atoms with Crippen molar-refractivity contribution in [3.8, 4) is 0 Å². The lowest BCUT2D eigenvalue weighted by Crippen LogP contribution is -2.27. The van der Waals surface area contributed by atoms with E-state index in [4.69, 9.17) is 0 Å². The lowest BCUT2D eigenvalue weighted by molar-refractivity contribution is 0.334. The molecule has 1 fully saturated rings. The minimum atomic E-state index is -3.32. The topological polar surface area (TPSA) is 49.4 Å². The molecule has 0 amide bonds. The van der Waals surface area contributed by atoms with E-state index < -0.39 is 10.0 Å². The molecule has 0 radical (unpaired) electrons. The quantitative estimate of drug-likeness (QED) is 0.783. The number of hydrogen-bond acceptors (Lipinski definition) is 3. The van der Waals surface area contributed by atoms with Gasteiger partial charge in [0.2, 0.25) is 10.0 Å². The Kier molecular flexibility index (Phi) is 5.76. The molecule has 4 nitrogen and oxygen atoms in total. The number of rotatable bonds is 7. The number of likely N-dealkylation sites (tertiary alicyclic amines) is 1. The number of hydrogen-bond donors (Lipinski definition) is 1. The normalized spacial score (nSPS) is 17.0. The third-order valence-corrected chi connectivity index (χ3v) is 4.49. The molecule has 1 aromatic carbocycles. The van der Waals surface area contributed by atoms with Crippen LogP contribution in [0.4, 0.5) is 0 Å². The number of sulfonamides is 1. The molecule has 5 heteroatoms. The predicted octanol–water partition coefficient (Wildman–Crippen LogP) is 2.06. The van der Waals surface area contributed by atoms with Crippen LogP contribution in [0.3, 0.4) is 0 Å². The van der Waals surface area contributed by atoms with Gasteiger partial charge in [-0.2, -0.15) is 0 Å². The first kappa shape index (κ1) is 15.2. The van der Waals surface area contributed by atoms with Crippen LogP contribution in [0.1, 0.15) is 24.8 Å². The summed E-state index contributed by atoms with van der Waals surface area (Å²) in [7, 11) is -3.32. The van der Waals surface area contributed by atoms with Crippen molar-refractivity contribution in [3.05, 3.63) is 41.3 Å². The zero-order valence-corrected chi connectivity index (χ0v) is 12.5. The van der Waals surface area contributed by atoms with Gasteiger partial charge in [0, 0.05) is 12.0 Å². The van der Waals surface area contributed by atoms with Crippen molar-refractivity contribution in [2.24, 2.45) is 0 Å². The van der Waals surface area contributed by atoms with E-state index in [-0.39, 0.29) is 0 Å². The third-order valence-electron chi connectivity index (χ3n) is 3.39. The van der Waals surface area contributed by atoms with Gasteiger partial charge in [-0.3, -0.25) is 0 Å². The van der Waals surface area contributed by atoms with Crippen LogP contribution >= 0.6 is 0 Å². The van der Waals surface area contributed by atoms with Crippen LogP contribution in [-0.2, 0) is 10.0 Å². The molecule has 0 aromatic heterocycles. The summed E-state index contributed by atoms with van der Waals surface area (Å²) in [5.74, 6) is 0. The molecule has 0 saturated carbocycles. The molecule has 20 heavy (non-hydrogen) atoms. The maximum atomic E-state index is 11.8. The largest absolute Gasteiger partial charge is 0.303 e. The van der Waals surface area contributed by atoms with Gasteiger partial charge in [-0.1, -0.05) is 30.3 Å². The summed E-state index contributed by atoms with van der Waals surface area (Å²) in [5.41, 5.74) is 0.884. The molecule has 110 valence electrons. The molecule has 0 aliphatic carbocycles. The summed E-state index contributed by atoms with van der Waals surface area (Å²) in [6.07, 6.45) is 5.01. The average Bonchev–Trinajstić information content (AvgIpc) is 2.96. The fraction of sp³-hybridized carbons (Fsp3) is 0.467. The van der Waals surface area contributed by atoms with E-state index in [0.717, 1.165) is 31.6 Å². The molecule has 1 heterocycles. The summed E-state index contributed by atoms with van der Waals surface area (Å²) in [6, 6.07) is 9.42. The second-order valence-corrected chi connectivity index (χ2v) is 6.71. The molecule has 2 rings (SSSR count). The van der Waals surface area contributed by atoms with Crippen molar-refractivity contribution >= 4 is 16.1 Å². The first-order valence-electron chi connectivity index (χ1n) is 7.11. The Bertz CT molecular complexity index is 520. The van der Waals surface area contributed by atoms with Crippen LogP contribution in [0.5, 0.6) is 0 Å². The summed E-state index contributed by atoms with van der Waals surface area (Å²) in [6.45, 7) is 3.78. The van der Waals surface area contributed by atoms with Crippen LogP contribution in [0.2, 0.25) is 0 Å². The smallest absolute Gasteiger partial charge is 0.233 e. The van der Waals surface area contributed by atoms with Gasteiger partial charge in [-0.25, -0.2) is 13.1 Å². The fourth-order valence-electron chi connectivity index (χ4n) is 2.30. The standard InChI is InChI=1S/C15H22N2O2S/c18-20(19,14-9-15-7-2-1-3-8-15)16-10-6-13-17-11-4-5-12-17/h1-3,7-9,14,16H,4-6,10-13H2/b14-9+. The van der Waals surface area contributed by atoms with Crippen molar-refractivity contribution in [1.29, 1.82) is 0 Å². The second kappa shape index (κ2) is 7.57. The maximum absolute atomic E-state index is 11.8. The summed E-state index contributed by atoms with van der Waals surface area (Å²) in [4.78, 5) is 2.38. The van der Waals surface area contributed by atoms with Gasteiger partial charge in [0.25, 0.3) is 0 Å². The van der Waals surface area contributed by atoms with Gasteiger partial charge in [-0.15, -0.1) is 0 Å². The van der Waals surface area contributed by atoms with Crippen LogP contribution < -0.4 is 4.72 Å². The molecule has 0 atom stereocenters. The van der Waals surface area contributed by atoms with Crippen molar-refractivity contribution in [2.75, 3.05) is 26.2 Å². The molecule has 1 N–H and O–H groups in total. The van der Waals surface area contributed by atoms with E-state index >= 15 is 0 Å². The van der Waals surface area contributed by atoms with Crippen LogP contribution in [0.25, 0.3) is 6.08 Å². The first-order valence-corrected chi connectivity index (χ1v) is 8.65. The molecular formula is C15H22N2O2S. The Hall–Kier alpha value is -1.17. The number of nitrogens with one attached hydrogen (secondary N) is 1. The minimum absolute atomic E-state index is 0.498. The predicted molar refractivity (Wildman–Crippen MR) is 82.7 cm³/mol. The lowest BCUT2D eigenvalue weighted by Gasteiger charge is -2.13. The Morgan fingerprint density at radius 3 is 2.55 bits per heavy atom. The van der Waals surface area contributed by atoms with E-state index in [1.165, 1.54) is 18.2 Å². The zero-order chi connectivity index (χ0) is 14.3. The molecule has 0 bridgehead atoms. The Balaban J connectivity index is 1.72. The zero-order valence-electron chi connectivity index (χ0n) is 11.7. The molecule has 1 saturated heterocycles. The molecule has 0 spiro atoms. The highest BCUT2D eigenvalue weighted by molar-refractivity contribution is 7.92. The lowest BCUT2D eigenvalue weighted by atomic mass is 10.2. The van der Waals surface area contributed by atoms with Gasteiger partial charge in [-0.05, 0) is 50.5 Å². The summed E-state index contributed by atoms with van der Waals surface area (Å²) < 4.78 is 26.2. The number of benzene rings is 1. The van der Waals surface area contributed by atoms with E-state index in [9.17, 15) is 8.42 Å². The molecule has 1 aliphatic heterocycles. The van der Waals surface area contributed by atoms with E-state index in [0.29, 0.717) is 6.54 Å². The fourth-order valence-corrected chi connectivity index (χ4v) is 3.17. The van der Waals surface area contributed by atoms with Crippen LogP contribution in [0.15, 0.2) is 35.7 Å². The Morgan fingerprint density at radius 2 is 1.85 bits per heavy atom. The van der Waals surface area contributed by atoms with Gasteiger partial charge >= 0.3 is 0 Å². The number of nitrogens with zero attached hydrogens (tertiary/aromatic N) is 1. The van der Waals surface area contributed by atoms with Crippen LogP contribution in [0, 0.1) is 0 Å². The molecular weight excluding hydrogens is 272 g/mol. The Morgan fingerprint density at radius 1 is 1.15 bits per heavy atom. The maximum Gasteiger partial charge on any atom is 0.233 e. The van der Waals surface area contributed by atoms with Gasteiger partial charge < -0.3 is 4.90 Å². The van der Waals surface area contributed by atoms with E-state index in [1.54, 1.807) is 6.08 Å². The monoisotopic (exact) mass is 294 g/mol. The first-order chi connectivity index (χ1) is 9.66. The van der Waals surface area contributed by atoms with Gasteiger partial charge in [0.15, 0.2) is 0 Å². The molecule has 1 aromatic rings. The van der Waals surface area contributed by atoms with E-state index in [2.05, 4.69) is 9.62 Å². The third kappa shape index (κ3) is 5.45.